The first kappa shape index (κ1) is 22.5. The number of fused-ring (bicyclic) bond motifs is 1. The number of methoxy groups -OCH3 is 1. The summed E-state index contributed by atoms with van der Waals surface area (Å²) < 4.78 is 10.1. The summed E-state index contributed by atoms with van der Waals surface area (Å²) in [5.74, 6) is -2.08. The molecule has 0 aliphatic rings. The molecule has 0 aliphatic heterocycles. The highest BCUT2D eigenvalue weighted by molar-refractivity contribution is 5.96. The molecule has 2 N–H and O–H groups in total. The lowest BCUT2D eigenvalue weighted by Crippen LogP contribution is -2.33. The third kappa shape index (κ3) is 5.69. The van der Waals surface area contributed by atoms with Gasteiger partial charge in [-0.2, -0.15) is 0 Å². The number of aliphatic hydroxyl groups excluding tert-OH is 2. The molecule has 3 rings (SSSR count). The first-order valence-corrected chi connectivity index (χ1v) is 10.1. The molecule has 0 fully saturated rings. The van der Waals surface area contributed by atoms with Crippen LogP contribution >= 0.6 is 0 Å². The molecule has 0 unspecified atom stereocenters. The summed E-state index contributed by atoms with van der Waals surface area (Å²) in [6, 6.07) is 20.3. The van der Waals surface area contributed by atoms with Gasteiger partial charge in [-0.1, -0.05) is 54.6 Å². The molecule has 0 amide bonds. The Morgan fingerprint density at radius 2 is 1.77 bits per heavy atom. The molecule has 6 heteroatoms. The Hall–Kier alpha value is -3.22. The van der Waals surface area contributed by atoms with Gasteiger partial charge in [-0.25, -0.2) is 4.79 Å². The molecular weight excluding hydrogens is 396 g/mol. The summed E-state index contributed by atoms with van der Waals surface area (Å²) in [4.78, 5) is 24.2. The van der Waals surface area contributed by atoms with Crippen LogP contribution in [0.5, 0.6) is 0 Å². The van der Waals surface area contributed by atoms with Crippen LogP contribution in [0, 0.1) is 5.92 Å². The van der Waals surface area contributed by atoms with Crippen molar-refractivity contribution in [3.05, 3.63) is 83.4 Å². The number of rotatable bonds is 9. The molecule has 0 saturated carbocycles. The Kier molecular flexibility index (Phi) is 7.76. The number of carbonyl (C=O) groups is 2. The largest absolute Gasteiger partial charge is 0.465 e. The lowest BCUT2D eigenvalue weighted by atomic mass is 9.94. The fourth-order valence-electron chi connectivity index (χ4n) is 3.49. The minimum atomic E-state index is -1.06. The van der Waals surface area contributed by atoms with Crippen LogP contribution in [0.15, 0.2) is 66.7 Å². The summed E-state index contributed by atoms with van der Waals surface area (Å²) in [6.07, 6.45) is -0.342. The van der Waals surface area contributed by atoms with E-state index in [1.165, 1.54) is 7.11 Å². The maximum absolute atomic E-state index is 12.4. The molecule has 3 aromatic rings. The van der Waals surface area contributed by atoms with Crippen molar-refractivity contribution in [2.24, 2.45) is 5.92 Å². The lowest BCUT2D eigenvalue weighted by Gasteiger charge is -2.20. The van der Waals surface area contributed by atoms with E-state index in [4.69, 9.17) is 9.47 Å². The van der Waals surface area contributed by atoms with E-state index >= 15 is 0 Å². The van der Waals surface area contributed by atoms with Gasteiger partial charge in [0.05, 0.1) is 25.4 Å². The van der Waals surface area contributed by atoms with Crippen LogP contribution in [0.4, 0.5) is 0 Å². The van der Waals surface area contributed by atoms with Gasteiger partial charge in [0.15, 0.2) is 0 Å². The van der Waals surface area contributed by atoms with E-state index < -0.39 is 30.6 Å². The van der Waals surface area contributed by atoms with Crippen LogP contribution in [0.25, 0.3) is 10.8 Å². The highest BCUT2D eigenvalue weighted by Crippen LogP contribution is 2.24. The van der Waals surface area contributed by atoms with E-state index in [9.17, 15) is 19.8 Å². The van der Waals surface area contributed by atoms with Crippen molar-refractivity contribution in [2.45, 2.75) is 25.6 Å². The molecular formula is C25H26O6. The van der Waals surface area contributed by atoms with Crippen LogP contribution in [-0.2, 0) is 27.3 Å². The number of aryl methyl sites for hydroxylation is 1. The van der Waals surface area contributed by atoms with Gasteiger partial charge < -0.3 is 19.7 Å². The van der Waals surface area contributed by atoms with Crippen molar-refractivity contribution in [1.82, 2.24) is 0 Å². The van der Waals surface area contributed by atoms with Gasteiger partial charge in [0.2, 0.25) is 0 Å². The van der Waals surface area contributed by atoms with Crippen molar-refractivity contribution in [1.29, 1.82) is 0 Å². The Labute approximate surface area is 181 Å². The SMILES string of the molecule is COC(=O)c1ccc2cccc(CC[C@H](O)[C@H](CO)C(=O)OCc3ccccc3)c2c1. The average molecular weight is 422 g/mol. The van der Waals surface area contributed by atoms with Crippen molar-refractivity contribution in [3.8, 4) is 0 Å². The Morgan fingerprint density at radius 3 is 2.48 bits per heavy atom. The standard InChI is InChI=1S/C25H26O6/c1-30-24(28)20-11-10-18-8-5-9-19(21(18)14-20)12-13-23(27)22(15-26)25(29)31-16-17-6-3-2-4-7-17/h2-11,14,22-23,26-27H,12-13,15-16H2,1H3/t22-,23-/m0/s1. The number of hydrogen-bond donors (Lipinski definition) is 2. The smallest absolute Gasteiger partial charge is 0.337 e. The second kappa shape index (κ2) is 10.7. The highest BCUT2D eigenvalue weighted by atomic mass is 16.5. The Bertz CT molecular complexity index is 1030. The number of esters is 2. The number of hydrogen-bond acceptors (Lipinski definition) is 6. The van der Waals surface area contributed by atoms with Gasteiger partial charge in [-0.15, -0.1) is 0 Å². The predicted molar refractivity (Wildman–Crippen MR) is 116 cm³/mol. The molecule has 0 heterocycles. The molecule has 0 aliphatic carbocycles. The highest BCUT2D eigenvalue weighted by Gasteiger charge is 2.27. The summed E-state index contributed by atoms with van der Waals surface area (Å²) >= 11 is 0. The van der Waals surface area contributed by atoms with Gasteiger partial charge >= 0.3 is 11.9 Å². The number of ether oxygens (including phenoxy) is 2. The molecule has 0 radical (unpaired) electrons. The normalized spacial score (nSPS) is 12.9. The minimum absolute atomic E-state index is 0.0858. The maximum atomic E-state index is 12.4. The van der Waals surface area contributed by atoms with Crippen LogP contribution in [0.2, 0.25) is 0 Å². The van der Waals surface area contributed by atoms with Crippen molar-refractivity contribution < 1.29 is 29.3 Å². The summed E-state index contributed by atoms with van der Waals surface area (Å²) in [6.45, 7) is -0.417. The van der Waals surface area contributed by atoms with E-state index in [2.05, 4.69) is 0 Å². The zero-order valence-electron chi connectivity index (χ0n) is 17.4. The van der Waals surface area contributed by atoms with Crippen molar-refractivity contribution >= 4 is 22.7 Å². The zero-order valence-corrected chi connectivity index (χ0v) is 17.4. The van der Waals surface area contributed by atoms with Gasteiger partial charge in [0.25, 0.3) is 0 Å². The molecule has 3 aromatic carbocycles. The predicted octanol–water partition coefficient (Wildman–Crippen LogP) is 3.27. The zero-order chi connectivity index (χ0) is 22.2. The number of aliphatic hydroxyl groups is 2. The van der Waals surface area contributed by atoms with E-state index in [1.807, 2.05) is 54.6 Å². The molecule has 0 spiro atoms. The van der Waals surface area contributed by atoms with E-state index in [1.54, 1.807) is 12.1 Å². The second-order valence-electron chi connectivity index (χ2n) is 7.33. The van der Waals surface area contributed by atoms with Gasteiger partial charge in [0, 0.05) is 0 Å². The van der Waals surface area contributed by atoms with Crippen LogP contribution in [0.3, 0.4) is 0 Å². The second-order valence-corrected chi connectivity index (χ2v) is 7.33. The fourth-order valence-corrected chi connectivity index (χ4v) is 3.49. The molecule has 162 valence electrons. The molecule has 31 heavy (non-hydrogen) atoms. The monoisotopic (exact) mass is 422 g/mol. The van der Waals surface area contributed by atoms with Crippen LogP contribution in [0.1, 0.15) is 27.9 Å². The number of benzene rings is 3. The van der Waals surface area contributed by atoms with Gasteiger partial charge in [-0.3, -0.25) is 4.79 Å². The average Bonchev–Trinajstić information content (AvgIpc) is 2.81. The van der Waals surface area contributed by atoms with Gasteiger partial charge in [-0.05, 0) is 46.9 Å². The summed E-state index contributed by atoms with van der Waals surface area (Å²) in [7, 11) is 1.33. The molecule has 0 bridgehead atoms. The third-order valence-electron chi connectivity index (χ3n) is 5.29. The van der Waals surface area contributed by atoms with Gasteiger partial charge in [0.1, 0.15) is 12.5 Å². The first-order valence-electron chi connectivity index (χ1n) is 10.1. The Balaban J connectivity index is 1.66. The van der Waals surface area contributed by atoms with E-state index in [0.717, 1.165) is 21.9 Å². The summed E-state index contributed by atoms with van der Waals surface area (Å²) in [5.41, 5.74) is 2.21. The van der Waals surface area contributed by atoms with Crippen molar-refractivity contribution in [3.63, 3.8) is 0 Å². The quantitative estimate of drug-likeness (QED) is 0.514. The molecule has 0 aromatic heterocycles. The molecule has 2 atom stereocenters. The maximum Gasteiger partial charge on any atom is 0.337 e. The van der Waals surface area contributed by atoms with E-state index in [-0.39, 0.29) is 13.0 Å². The number of carbonyl (C=O) groups excluding carboxylic acids is 2. The third-order valence-corrected chi connectivity index (χ3v) is 5.29. The van der Waals surface area contributed by atoms with Crippen LogP contribution < -0.4 is 0 Å². The lowest BCUT2D eigenvalue weighted by molar-refractivity contribution is -0.156. The molecule has 0 saturated heterocycles. The fraction of sp³-hybridized carbons (Fsp3) is 0.280. The van der Waals surface area contributed by atoms with Crippen LogP contribution in [-0.4, -0.2) is 42.0 Å². The topological polar surface area (TPSA) is 93.1 Å². The molecule has 6 nitrogen and oxygen atoms in total. The Morgan fingerprint density at radius 1 is 1.00 bits per heavy atom. The van der Waals surface area contributed by atoms with Crippen molar-refractivity contribution in [2.75, 3.05) is 13.7 Å². The van der Waals surface area contributed by atoms with E-state index in [0.29, 0.717) is 12.0 Å². The first-order chi connectivity index (χ1) is 15.0. The summed E-state index contributed by atoms with van der Waals surface area (Å²) in [5, 5.41) is 22.0. The minimum Gasteiger partial charge on any atom is -0.465 e.